The average Bonchev–Trinajstić information content (AvgIpc) is 3.43. The van der Waals surface area contributed by atoms with Crippen molar-refractivity contribution >= 4 is 23.2 Å². The minimum Gasteiger partial charge on any atom is -0.325 e. The van der Waals surface area contributed by atoms with E-state index in [2.05, 4.69) is 26.0 Å². The monoisotopic (exact) mass is 362 g/mol. The first kappa shape index (κ1) is 16.9. The van der Waals surface area contributed by atoms with Gasteiger partial charge in [0.15, 0.2) is 0 Å². The van der Waals surface area contributed by atoms with Crippen molar-refractivity contribution in [2.45, 2.75) is 19.4 Å². The highest BCUT2D eigenvalue weighted by molar-refractivity contribution is 5.97. The summed E-state index contributed by atoms with van der Waals surface area (Å²) in [6.45, 7) is -0.0570. The van der Waals surface area contributed by atoms with Crippen LogP contribution in [0.4, 0.5) is 11.4 Å². The molecule has 1 aliphatic carbocycles. The Morgan fingerprint density at radius 3 is 2.52 bits per heavy atom. The zero-order valence-corrected chi connectivity index (χ0v) is 14.5. The Balaban J connectivity index is 1.46. The van der Waals surface area contributed by atoms with Crippen LogP contribution in [-0.2, 0) is 16.1 Å². The zero-order valence-electron chi connectivity index (χ0n) is 14.5. The van der Waals surface area contributed by atoms with Crippen LogP contribution >= 0.6 is 0 Å². The van der Waals surface area contributed by atoms with E-state index in [4.69, 9.17) is 0 Å². The van der Waals surface area contributed by atoms with E-state index in [0.717, 1.165) is 12.8 Å². The third kappa shape index (κ3) is 4.17. The molecule has 4 rings (SSSR count). The maximum atomic E-state index is 12.1. The fourth-order valence-corrected chi connectivity index (χ4v) is 2.64. The molecule has 0 atom stereocenters. The average molecular weight is 362 g/mol. The number of amides is 2. The van der Waals surface area contributed by atoms with Gasteiger partial charge < -0.3 is 10.6 Å². The Bertz CT molecular complexity index is 965. The molecule has 2 amide bonds. The van der Waals surface area contributed by atoms with Gasteiger partial charge in [0.2, 0.25) is 17.6 Å². The van der Waals surface area contributed by atoms with Gasteiger partial charge in [-0.2, -0.15) is 4.80 Å². The predicted molar refractivity (Wildman–Crippen MR) is 99.7 cm³/mol. The number of para-hydroxylation sites is 2. The topological polar surface area (TPSA) is 102 Å². The van der Waals surface area contributed by atoms with Crippen molar-refractivity contribution in [3.05, 3.63) is 54.6 Å². The Morgan fingerprint density at radius 1 is 1.00 bits per heavy atom. The summed E-state index contributed by atoms with van der Waals surface area (Å²) in [6, 6.07) is 16.5. The molecule has 2 N–H and O–H groups in total. The number of nitrogens with zero attached hydrogens (tertiary/aromatic N) is 4. The van der Waals surface area contributed by atoms with Crippen molar-refractivity contribution in [3.63, 3.8) is 0 Å². The molecule has 0 spiro atoms. The highest BCUT2D eigenvalue weighted by atomic mass is 16.2. The van der Waals surface area contributed by atoms with Crippen molar-refractivity contribution in [3.8, 4) is 11.4 Å². The summed E-state index contributed by atoms with van der Waals surface area (Å²) in [6.07, 6.45) is 1.86. The molecule has 136 valence electrons. The van der Waals surface area contributed by atoms with Gasteiger partial charge in [-0.1, -0.05) is 30.3 Å². The molecule has 0 radical (unpaired) electrons. The standard InChI is InChI=1S/C19H18N6O2/c26-17(20-14-6-2-1-3-7-14)12-25-23-18(22-24-25)15-8-4-5-9-16(15)21-19(27)13-10-11-13/h1-9,13H,10-12H2,(H,20,26)(H,21,27). The molecule has 1 fully saturated rings. The smallest absolute Gasteiger partial charge is 0.248 e. The van der Waals surface area contributed by atoms with Crippen molar-refractivity contribution in [2.75, 3.05) is 10.6 Å². The van der Waals surface area contributed by atoms with E-state index in [9.17, 15) is 9.59 Å². The molecule has 3 aromatic rings. The van der Waals surface area contributed by atoms with Gasteiger partial charge in [-0.15, -0.1) is 10.2 Å². The van der Waals surface area contributed by atoms with Gasteiger partial charge >= 0.3 is 0 Å². The molecule has 2 aromatic carbocycles. The second kappa shape index (κ2) is 7.36. The first-order chi connectivity index (χ1) is 13.2. The molecule has 8 heteroatoms. The van der Waals surface area contributed by atoms with E-state index in [0.29, 0.717) is 22.8 Å². The number of benzene rings is 2. The molecule has 27 heavy (non-hydrogen) atoms. The molecule has 0 bridgehead atoms. The normalized spacial score (nSPS) is 13.2. The lowest BCUT2D eigenvalue weighted by Gasteiger charge is -2.07. The lowest BCUT2D eigenvalue weighted by Crippen LogP contribution is -2.20. The molecule has 0 aliphatic heterocycles. The largest absolute Gasteiger partial charge is 0.325 e. The molecule has 1 heterocycles. The van der Waals surface area contributed by atoms with Gasteiger partial charge in [0.25, 0.3) is 0 Å². The van der Waals surface area contributed by atoms with Crippen LogP contribution in [0.1, 0.15) is 12.8 Å². The highest BCUT2D eigenvalue weighted by Crippen LogP contribution is 2.32. The van der Waals surface area contributed by atoms with Gasteiger partial charge in [0, 0.05) is 17.2 Å². The van der Waals surface area contributed by atoms with E-state index in [1.54, 1.807) is 18.2 Å². The number of tetrazole rings is 1. The number of aromatic nitrogens is 4. The van der Waals surface area contributed by atoms with E-state index in [-0.39, 0.29) is 24.3 Å². The van der Waals surface area contributed by atoms with Crippen LogP contribution in [-0.4, -0.2) is 32.0 Å². The number of carbonyl (C=O) groups excluding carboxylic acids is 2. The van der Waals surface area contributed by atoms with Crippen LogP contribution in [0.15, 0.2) is 54.6 Å². The number of hydrogen-bond donors (Lipinski definition) is 2. The summed E-state index contributed by atoms with van der Waals surface area (Å²) >= 11 is 0. The maximum Gasteiger partial charge on any atom is 0.248 e. The Hall–Kier alpha value is -3.55. The highest BCUT2D eigenvalue weighted by Gasteiger charge is 2.30. The second-order valence-electron chi connectivity index (χ2n) is 6.37. The van der Waals surface area contributed by atoms with Gasteiger partial charge in [-0.25, -0.2) is 0 Å². The molecule has 1 saturated carbocycles. The molecular weight excluding hydrogens is 344 g/mol. The maximum absolute atomic E-state index is 12.1. The lowest BCUT2D eigenvalue weighted by atomic mass is 10.1. The van der Waals surface area contributed by atoms with E-state index in [1.165, 1.54) is 4.80 Å². The first-order valence-electron chi connectivity index (χ1n) is 8.72. The van der Waals surface area contributed by atoms with Crippen molar-refractivity contribution < 1.29 is 9.59 Å². The number of rotatable bonds is 6. The van der Waals surface area contributed by atoms with Crippen LogP contribution in [0.3, 0.4) is 0 Å². The van der Waals surface area contributed by atoms with Crippen LogP contribution in [0.2, 0.25) is 0 Å². The number of carbonyl (C=O) groups is 2. The molecular formula is C19H18N6O2. The van der Waals surface area contributed by atoms with Gasteiger partial charge in [-0.3, -0.25) is 9.59 Å². The van der Waals surface area contributed by atoms with E-state index < -0.39 is 0 Å². The molecule has 0 unspecified atom stereocenters. The molecule has 1 aromatic heterocycles. The Morgan fingerprint density at radius 2 is 1.74 bits per heavy atom. The fourth-order valence-electron chi connectivity index (χ4n) is 2.64. The molecule has 0 saturated heterocycles. The van der Waals surface area contributed by atoms with Gasteiger partial charge in [0.05, 0.1) is 5.69 Å². The zero-order chi connectivity index (χ0) is 18.6. The summed E-state index contributed by atoms with van der Waals surface area (Å²) in [7, 11) is 0. The first-order valence-corrected chi connectivity index (χ1v) is 8.72. The van der Waals surface area contributed by atoms with Crippen LogP contribution in [0.25, 0.3) is 11.4 Å². The summed E-state index contributed by atoms with van der Waals surface area (Å²) in [5.41, 5.74) is 2.01. The van der Waals surface area contributed by atoms with Gasteiger partial charge in [-0.05, 0) is 42.3 Å². The van der Waals surface area contributed by atoms with Crippen molar-refractivity contribution in [1.82, 2.24) is 20.2 Å². The summed E-state index contributed by atoms with van der Waals surface area (Å²) < 4.78 is 0. The summed E-state index contributed by atoms with van der Waals surface area (Å²) in [4.78, 5) is 25.4. The van der Waals surface area contributed by atoms with Crippen molar-refractivity contribution in [2.24, 2.45) is 5.92 Å². The summed E-state index contributed by atoms with van der Waals surface area (Å²) in [5.74, 6) is 0.218. The SMILES string of the molecule is O=C(Cn1nnc(-c2ccccc2NC(=O)C2CC2)n1)Nc1ccccc1. The molecule has 8 nitrogen and oxygen atoms in total. The Kier molecular flexibility index (Phi) is 4.61. The predicted octanol–water partition coefficient (Wildman–Crippen LogP) is 2.33. The second-order valence-corrected chi connectivity index (χ2v) is 6.37. The third-order valence-corrected chi connectivity index (χ3v) is 4.17. The molecule has 1 aliphatic rings. The summed E-state index contributed by atoms with van der Waals surface area (Å²) in [5, 5.41) is 17.9. The van der Waals surface area contributed by atoms with Gasteiger partial charge in [0.1, 0.15) is 6.54 Å². The van der Waals surface area contributed by atoms with E-state index in [1.807, 2.05) is 36.4 Å². The minimum absolute atomic E-state index is 0.0112. The van der Waals surface area contributed by atoms with E-state index >= 15 is 0 Å². The lowest BCUT2D eigenvalue weighted by molar-refractivity contribution is -0.118. The number of hydrogen-bond acceptors (Lipinski definition) is 5. The Labute approximate surface area is 155 Å². The third-order valence-electron chi connectivity index (χ3n) is 4.17. The fraction of sp³-hybridized carbons (Fsp3) is 0.211. The minimum atomic E-state index is -0.250. The van der Waals surface area contributed by atoms with Crippen LogP contribution < -0.4 is 10.6 Å². The number of anilines is 2. The van der Waals surface area contributed by atoms with Crippen LogP contribution in [0.5, 0.6) is 0 Å². The quantitative estimate of drug-likeness (QED) is 0.701. The number of nitrogens with one attached hydrogen (secondary N) is 2. The van der Waals surface area contributed by atoms with Crippen molar-refractivity contribution in [1.29, 1.82) is 0 Å². The van der Waals surface area contributed by atoms with Crippen LogP contribution in [0, 0.1) is 5.92 Å².